The number of Topliss-reactive ketones (excluding diaryl/α,β-unsaturated/α-hetero) is 1. The quantitative estimate of drug-likeness (QED) is 0.753. The van der Waals surface area contributed by atoms with Crippen molar-refractivity contribution in [2.24, 2.45) is 5.92 Å². The molecule has 1 atom stereocenters. The van der Waals surface area contributed by atoms with Gasteiger partial charge in [0.25, 0.3) is 0 Å². The van der Waals surface area contributed by atoms with Crippen LogP contribution in [-0.4, -0.2) is 5.78 Å². The van der Waals surface area contributed by atoms with Crippen molar-refractivity contribution in [1.82, 2.24) is 0 Å². The highest BCUT2D eigenvalue weighted by Crippen LogP contribution is 2.25. The summed E-state index contributed by atoms with van der Waals surface area (Å²) in [7, 11) is 0. The predicted octanol–water partition coefficient (Wildman–Crippen LogP) is 3.27. The lowest BCUT2D eigenvalue weighted by atomic mass is 9.83. The Hall–Kier alpha value is -1.25. The van der Waals surface area contributed by atoms with Crippen LogP contribution in [0.3, 0.4) is 0 Å². The summed E-state index contributed by atoms with van der Waals surface area (Å²) in [5.41, 5.74) is 0.320. The molecule has 1 aromatic carbocycles. The van der Waals surface area contributed by atoms with Gasteiger partial charge in [-0.25, -0.2) is 8.78 Å². The van der Waals surface area contributed by atoms with Gasteiger partial charge in [-0.1, -0.05) is 6.42 Å². The minimum atomic E-state index is -0.445. The van der Waals surface area contributed by atoms with E-state index in [0.29, 0.717) is 18.4 Å². The van der Waals surface area contributed by atoms with Crippen LogP contribution in [0.5, 0.6) is 0 Å². The van der Waals surface area contributed by atoms with Gasteiger partial charge in [-0.3, -0.25) is 4.79 Å². The lowest BCUT2D eigenvalue weighted by molar-refractivity contribution is -0.124. The van der Waals surface area contributed by atoms with Gasteiger partial charge in [0.1, 0.15) is 17.4 Å². The maximum Gasteiger partial charge on any atom is 0.136 e. The number of halogens is 2. The molecule has 1 aromatic rings. The van der Waals surface area contributed by atoms with Crippen LogP contribution in [0.15, 0.2) is 18.2 Å². The third-order valence-electron chi connectivity index (χ3n) is 3.16. The topological polar surface area (TPSA) is 17.1 Å². The molecule has 0 heterocycles. The Labute approximate surface area is 93.5 Å². The van der Waals surface area contributed by atoms with E-state index in [1.54, 1.807) is 0 Å². The molecule has 0 N–H and O–H groups in total. The predicted molar refractivity (Wildman–Crippen MR) is 57.0 cm³/mol. The molecular weight excluding hydrogens is 210 g/mol. The van der Waals surface area contributed by atoms with E-state index in [1.807, 2.05) is 0 Å². The standard InChI is InChI=1S/C13H14F2O/c14-11-5-6-12(15)10(8-11)7-9-3-1-2-4-13(9)16/h5-6,8-9H,1-4,7H2. The molecule has 0 saturated heterocycles. The molecule has 1 aliphatic carbocycles. The molecule has 1 fully saturated rings. The normalized spacial score (nSPS) is 21.1. The molecular formula is C13H14F2O. The van der Waals surface area contributed by atoms with E-state index in [2.05, 4.69) is 0 Å². The van der Waals surface area contributed by atoms with Crippen molar-refractivity contribution in [3.8, 4) is 0 Å². The Bertz CT molecular complexity index is 401. The molecule has 0 aliphatic heterocycles. The van der Waals surface area contributed by atoms with Crippen molar-refractivity contribution in [3.05, 3.63) is 35.4 Å². The molecule has 1 aliphatic rings. The first-order valence-corrected chi connectivity index (χ1v) is 5.63. The van der Waals surface area contributed by atoms with Gasteiger partial charge in [0.05, 0.1) is 0 Å². The molecule has 0 aromatic heterocycles. The number of ketones is 1. The van der Waals surface area contributed by atoms with E-state index < -0.39 is 11.6 Å². The van der Waals surface area contributed by atoms with Crippen LogP contribution < -0.4 is 0 Å². The minimum Gasteiger partial charge on any atom is -0.299 e. The summed E-state index contributed by atoms with van der Waals surface area (Å²) in [4.78, 5) is 11.6. The largest absolute Gasteiger partial charge is 0.299 e. The van der Waals surface area contributed by atoms with Gasteiger partial charge in [-0.15, -0.1) is 0 Å². The molecule has 1 nitrogen and oxygen atoms in total. The van der Waals surface area contributed by atoms with Crippen molar-refractivity contribution < 1.29 is 13.6 Å². The fraction of sp³-hybridized carbons (Fsp3) is 0.462. The summed E-state index contributed by atoms with van der Waals surface area (Å²) in [5.74, 6) is -0.792. The molecule has 0 bridgehead atoms. The van der Waals surface area contributed by atoms with E-state index >= 15 is 0 Å². The third-order valence-corrected chi connectivity index (χ3v) is 3.16. The summed E-state index contributed by atoms with van der Waals surface area (Å²) in [6, 6.07) is 3.41. The van der Waals surface area contributed by atoms with Crippen molar-refractivity contribution >= 4 is 5.78 Å². The number of carbonyl (C=O) groups excluding carboxylic acids is 1. The molecule has 0 spiro atoms. The van der Waals surface area contributed by atoms with E-state index in [1.165, 1.54) is 6.07 Å². The average molecular weight is 224 g/mol. The fourth-order valence-electron chi connectivity index (χ4n) is 2.24. The smallest absolute Gasteiger partial charge is 0.136 e. The van der Waals surface area contributed by atoms with Crippen molar-refractivity contribution in [3.63, 3.8) is 0 Å². The zero-order valence-corrected chi connectivity index (χ0v) is 9.01. The summed E-state index contributed by atoms with van der Waals surface area (Å²) in [6.07, 6.45) is 3.66. The Kier molecular flexibility index (Phi) is 3.32. The highest BCUT2D eigenvalue weighted by molar-refractivity contribution is 5.81. The van der Waals surface area contributed by atoms with Crippen LogP contribution in [0.25, 0.3) is 0 Å². The molecule has 86 valence electrons. The highest BCUT2D eigenvalue weighted by Gasteiger charge is 2.23. The lowest BCUT2D eigenvalue weighted by Crippen LogP contribution is -2.21. The summed E-state index contributed by atoms with van der Waals surface area (Å²) in [5, 5.41) is 0. The maximum absolute atomic E-state index is 13.4. The second-order valence-corrected chi connectivity index (χ2v) is 4.35. The van der Waals surface area contributed by atoms with E-state index in [-0.39, 0.29) is 11.7 Å². The minimum absolute atomic E-state index is 0.120. The van der Waals surface area contributed by atoms with Crippen LogP contribution in [-0.2, 0) is 11.2 Å². The SMILES string of the molecule is O=C1CCCCC1Cc1cc(F)ccc1F. The van der Waals surface area contributed by atoms with Gasteiger partial charge in [-0.05, 0) is 43.0 Å². The first kappa shape index (κ1) is 11.2. The monoisotopic (exact) mass is 224 g/mol. The number of carbonyl (C=O) groups is 1. The zero-order valence-electron chi connectivity index (χ0n) is 9.01. The van der Waals surface area contributed by atoms with Gasteiger partial charge >= 0.3 is 0 Å². The maximum atomic E-state index is 13.4. The van der Waals surface area contributed by atoms with Crippen molar-refractivity contribution in [1.29, 1.82) is 0 Å². The Morgan fingerprint density at radius 2 is 2.06 bits per heavy atom. The number of rotatable bonds is 2. The molecule has 0 amide bonds. The van der Waals surface area contributed by atoms with Gasteiger partial charge < -0.3 is 0 Å². The van der Waals surface area contributed by atoms with E-state index in [4.69, 9.17) is 0 Å². The van der Waals surface area contributed by atoms with E-state index in [9.17, 15) is 13.6 Å². The molecule has 1 unspecified atom stereocenters. The fourth-order valence-corrected chi connectivity index (χ4v) is 2.24. The van der Waals surface area contributed by atoms with Crippen LogP contribution in [0.1, 0.15) is 31.2 Å². The van der Waals surface area contributed by atoms with Gasteiger partial charge in [0.15, 0.2) is 0 Å². The number of benzene rings is 1. The van der Waals surface area contributed by atoms with Gasteiger partial charge in [0, 0.05) is 12.3 Å². The highest BCUT2D eigenvalue weighted by atomic mass is 19.1. The molecule has 2 rings (SSSR count). The third kappa shape index (κ3) is 2.46. The first-order valence-electron chi connectivity index (χ1n) is 5.63. The van der Waals surface area contributed by atoms with Gasteiger partial charge in [-0.2, -0.15) is 0 Å². The second-order valence-electron chi connectivity index (χ2n) is 4.35. The zero-order chi connectivity index (χ0) is 11.5. The Balaban J connectivity index is 2.13. The summed E-state index contributed by atoms with van der Waals surface area (Å²) in [6.45, 7) is 0. The molecule has 16 heavy (non-hydrogen) atoms. The second kappa shape index (κ2) is 4.73. The Morgan fingerprint density at radius 3 is 2.81 bits per heavy atom. The van der Waals surface area contributed by atoms with Crippen LogP contribution >= 0.6 is 0 Å². The molecule has 0 radical (unpaired) electrons. The summed E-state index contributed by atoms with van der Waals surface area (Å²) < 4.78 is 26.3. The Morgan fingerprint density at radius 1 is 1.25 bits per heavy atom. The van der Waals surface area contributed by atoms with Crippen molar-refractivity contribution in [2.45, 2.75) is 32.1 Å². The van der Waals surface area contributed by atoms with Crippen LogP contribution in [0.4, 0.5) is 8.78 Å². The van der Waals surface area contributed by atoms with Crippen LogP contribution in [0.2, 0.25) is 0 Å². The number of hydrogen-bond acceptors (Lipinski definition) is 1. The van der Waals surface area contributed by atoms with Gasteiger partial charge in [0.2, 0.25) is 0 Å². The molecule has 1 saturated carbocycles. The lowest BCUT2D eigenvalue weighted by Gasteiger charge is -2.20. The van der Waals surface area contributed by atoms with E-state index in [0.717, 1.165) is 31.4 Å². The van der Waals surface area contributed by atoms with Crippen LogP contribution in [0, 0.1) is 17.6 Å². The molecule has 3 heteroatoms. The summed E-state index contributed by atoms with van der Waals surface area (Å²) >= 11 is 0. The average Bonchev–Trinajstić information content (AvgIpc) is 2.27. The number of hydrogen-bond donors (Lipinski definition) is 0. The van der Waals surface area contributed by atoms with Crippen molar-refractivity contribution in [2.75, 3.05) is 0 Å². The first-order chi connectivity index (χ1) is 7.66.